The SMILES string of the molecule is CNCC(O)C(O)c1cnc2[nH]cc([N+](=O)[O-])c2c1. The maximum Gasteiger partial charge on any atom is 0.296 e. The van der Waals surface area contributed by atoms with Crippen LogP contribution in [0.2, 0.25) is 0 Å². The number of fused-ring (bicyclic) bond motifs is 1. The van der Waals surface area contributed by atoms with Gasteiger partial charge in [-0.25, -0.2) is 4.98 Å². The van der Waals surface area contributed by atoms with E-state index in [2.05, 4.69) is 15.3 Å². The summed E-state index contributed by atoms with van der Waals surface area (Å²) in [5.74, 6) is 0. The van der Waals surface area contributed by atoms with Gasteiger partial charge in [0.05, 0.1) is 22.6 Å². The summed E-state index contributed by atoms with van der Waals surface area (Å²) >= 11 is 0. The molecule has 0 bridgehead atoms. The predicted octanol–water partition coefficient (Wildman–Crippen LogP) is 0.0848. The van der Waals surface area contributed by atoms with Crippen LogP contribution in [0.25, 0.3) is 11.0 Å². The van der Waals surface area contributed by atoms with Crippen molar-refractivity contribution in [3.8, 4) is 0 Å². The zero-order valence-electron chi connectivity index (χ0n) is 10.2. The number of aliphatic hydroxyl groups is 2. The molecule has 0 saturated carbocycles. The fourth-order valence-corrected chi connectivity index (χ4v) is 1.86. The molecule has 0 aliphatic heterocycles. The molecule has 19 heavy (non-hydrogen) atoms. The van der Waals surface area contributed by atoms with Crippen molar-refractivity contribution in [2.75, 3.05) is 13.6 Å². The van der Waals surface area contributed by atoms with E-state index in [1.54, 1.807) is 7.05 Å². The van der Waals surface area contributed by atoms with Crippen molar-refractivity contribution in [3.63, 3.8) is 0 Å². The van der Waals surface area contributed by atoms with Gasteiger partial charge in [0.25, 0.3) is 5.69 Å². The Morgan fingerprint density at radius 2 is 2.32 bits per heavy atom. The average molecular weight is 266 g/mol. The van der Waals surface area contributed by atoms with Crippen LogP contribution in [-0.4, -0.2) is 44.8 Å². The van der Waals surface area contributed by atoms with E-state index in [9.17, 15) is 20.3 Å². The highest BCUT2D eigenvalue weighted by molar-refractivity contribution is 5.86. The first-order valence-corrected chi connectivity index (χ1v) is 5.66. The second kappa shape index (κ2) is 5.31. The van der Waals surface area contributed by atoms with Crippen LogP contribution in [-0.2, 0) is 0 Å². The maximum atomic E-state index is 10.8. The molecular weight excluding hydrogens is 252 g/mol. The van der Waals surface area contributed by atoms with Crippen LogP contribution in [0.1, 0.15) is 11.7 Å². The maximum absolute atomic E-state index is 10.8. The Morgan fingerprint density at radius 1 is 1.58 bits per heavy atom. The van der Waals surface area contributed by atoms with E-state index in [1.165, 1.54) is 18.5 Å². The van der Waals surface area contributed by atoms with Gasteiger partial charge in [-0.05, 0) is 13.1 Å². The Morgan fingerprint density at radius 3 is 2.95 bits per heavy atom. The van der Waals surface area contributed by atoms with Crippen LogP contribution in [0, 0.1) is 10.1 Å². The number of aliphatic hydroxyl groups excluding tert-OH is 2. The van der Waals surface area contributed by atoms with Gasteiger partial charge in [-0.3, -0.25) is 10.1 Å². The number of aromatic nitrogens is 2. The van der Waals surface area contributed by atoms with Crippen LogP contribution >= 0.6 is 0 Å². The molecule has 0 aliphatic carbocycles. The molecule has 4 N–H and O–H groups in total. The summed E-state index contributed by atoms with van der Waals surface area (Å²) in [5.41, 5.74) is 0.586. The molecule has 0 amide bonds. The van der Waals surface area contributed by atoms with Crippen LogP contribution in [0.15, 0.2) is 18.5 Å². The van der Waals surface area contributed by atoms with Gasteiger partial charge in [-0.2, -0.15) is 0 Å². The molecule has 2 atom stereocenters. The smallest absolute Gasteiger partial charge is 0.296 e. The summed E-state index contributed by atoms with van der Waals surface area (Å²) in [4.78, 5) is 17.0. The Kier molecular flexibility index (Phi) is 3.74. The van der Waals surface area contributed by atoms with E-state index in [0.29, 0.717) is 16.6 Å². The first-order valence-electron chi connectivity index (χ1n) is 5.66. The molecule has 8 nitrogen and oxygen atoms in total. The largest absolute Gasteiger partial charge is 0.389 e. The molecule has 2 aromatic heterocycles. The predicted molar refractivity (Wildman–Crippen MR) is 67.6 cm³/mol. The number of hydrogen-bond donors (Lipinski definition) is 4. The van der Waals surface area contributed by atoms with Gasteiger partial charge in [-0.15, -0.1) is 0 Å². The van der Waals surface area contributed by atoms with Gasteiger partial charge >= 0.3 is 0 Å². The number of likely N-dealkylation sites (N-methyl/N-ethyl adjacent to an activating group) is 1. The second-order valence-corrected chi connectivity index (χ2v) is 4.17. The van der Waals surface area contributed by atoms with Gasteiger partial charge < -0.3 is 20.5 Å². The molecule has 2 unspecified atom stereocenters. The van der Waals surface area contributed by atoms with Gasteiger partial charge in [0, 0.05) is 18.3 Å². The van der Waals surface area contributed by atoms with E-state index in [1.807, 2.05) is 0 Å². The van der Waals surface area contributed by atoms with Crippen molar-refractivity contribution in [1.29, 1.82) is 0 Å². The van der Waals surface area contributed by atoms with E-state index >= 15 is 0 Å². The molecule has 0 fully saturated rings. The van der Waals surface area contributed by atoms with Crippen molar-refractivity contribution >= 4 is 16.7 Å². The van der Waals surface area contributed by atoms with Crippen LogP contribution < -0.4 is 5.32 Å². The lowest BCUT2D eigenvalue weighted by Gasteiger charge is -2.17. The molecule has 0 aliphatic rings. The van der Waals surface area contributed by atoms with Gasteiger partial charge in [0.15, 0.2) is 0 Å². The van der Waals surface area contributed by atoms with Crippen molar-refractivity contribution in [3.05, 3.63) is 34.1 Å². The zero-order chi connectivity index (χ0) is 14.0. The average Bonchev–Trinajstić information content (AvgIpc) is 2.80. The number of nitrogens with one attached hydrogen (secondary N) is 2. The fraction of sp³-hybridized carbons (Fsp3) is 0.364. The monoisotopic (exact) mass is 266 g/mol. The number of nitro groups is 1. The third-order valence-electron chi connectivity index (χ3n) is 2.85. The number of aromatic amines is 1. The topological polar surface area (TPSA) is 124 Å². The first-order chi connectivity index (χ1) is 9.04. The van der Waals surface area contributed by atoms with Crippen molar-refractivity contribution in [1.82, 2.24) is 15.3 Å². The molecule has 0 radical (unpaired) electrons. The minimum Gasteiger partial charge on any atom is -0.389 e. The first kappa shape index (κ1) is 13.4. The quantitative estimate of drug-likeness (QED) is 0.449. The Bertz CT molecular complexity index is 597. The number of rotatable bonds is 5. The van der Waals surface area contributed by atoms with Crippen molar-refractivity contribution in [2.45, 2.75) is 12.2 Å². The second-order valence-electron chi connectivity index (χ2n) is 4.17. The molecule has 2 aromatic rings. The third-order valence-corrected chi connectivity index (χ3v) is 2.85. The van der Waals surface area contributed by atoms with E-state index < -0.39 is 17.1 Å². The minimum absolute atomic E-state index is 0.111. The number of nitrogens with zero attached hydrogens (tertiary/aromatic N) is 2. The standard InChI is InChI=1S/C11H14N4O4/c1-12-5-9(16)10(17)6-2-7-8(15(18)19)4-14-11(7)13-3-6/h2-4,9-10,12,16-17H,5H2,1H3,(H,13,14). The lowest BCUT2D eigenvalue weighted by Crippen LogP contribution is -2.29. The highest BCUT2D eigenvalue weighted by Gasteiger charge is 2.21. The highest BCUT2D eigenvalue weighted by atomic mass is 16.6. The molecule has 102 valence electrons. The molecule has 8 heteroatoms. The van der Waals surface area contributed by atoms with Crippen LogP contribution in [0.3, 0.4) is 0 Å². The summed E-state index contributed by atoms with van der Waals surface area (Å²) < 4.78 is 0. The lowest BCUT2D eigenvalue weighted by molar-refractivity contribution is -0.383. The van der Waals surface area contributed by atoms with E-state index in [0.717, 1.165) is 0 Å². The Labute approximate surface area is 108 Å². The molecular formula is C11H14N4O4. The summed E-state index contributed by atoms with van der Waals surface area (Å²) in [7, 11) is 1.65. The van der Waals surface area contributed by atoms with Crippen molar-refractivity contribution in [2.24, 2.45) is 0 Å². The molecule has 0 saturated heterocycles. The summed E-state index contributed by atoms with van der Waals surface area (Å²) in [5, 5.41) is 33.5. The molecule has 2 heterocycles. The Hall–Kier alpha value is -2.03. The van der Waals surface area contributed by atoms with E-state index in [-0.39, 0.29) is 12.2 Å². The normalized spacial score (nSPS) is 14.5. The third kappa shape index (κ3) is 2.55. The number of pyridine rings is 1. The molecule has 2 rings (SSSR count). The molecule has 0 spiro atoms. The van der Waals surface area contributed by atoms with E-state index in [4.69, 9.17) is 0 Å². The lowest BCUT2D eigenvalue weighted by atomic mass is 10.1. The summed E-state index contributed by atoms with van der Waals surface area (Å²) in [6.07, 6.45) is 0.463. The summed E-state index contributed by atoms with van der Waals surface area (Å²) in [6.45, 7) is 0.203. The van der Waals surface area contributed by atoms with Crippen molar-refractivity contribution < 1.29 is 15.1 Å². The molecule has 0 aromatic carbocycles. The number of hydrogen-bond acceptors (Lipinski definition) is 6. The van der Waals surface area contributed by atoms with Crippen LogP contribution in [0.4, 0.5) is 5.69 Å². The highest BCUT2D eigenvalue weighted by Crippen LogP contribution is 2.27. The van der Waals surface area contributed by atoms with Gasteiger partial charge in [0.1, 0.15) is 11.8 Å². The van der Waals surface area contributed by atoms with Gasteiger partial charge in [-0.1, -0.05) is 0 Å². The summed E-state index contributed by atoms with van der Waals surface area (Å²) in [6, 6.07) is 1.46. The van der Waals surface area contributed by atoms with Gasteiger partial charge in [0.2, 0.25) is 0 Å². The zero-order valence-corrected chi connectivity index (χ0v) is 10.2. The fourth-order valence-electron chi connectivity index (χ4n) is 1.86. The minimum atomic E-state index is -1.15. The Balaban J connectivity index is 2.39. The van der Waals surface area contributed by atoms with Crippen LogP contribution in [0.5, 0.6) is 0 Å². The number of H-pyrrole nitrogens is 1.